The lowest BCUT2D eigenvalue weighted by atomic mass is 10.4. The van der Waals surface area contributed by atoms with Gasteiger partial charge < -0.3 is 0 Å². The van der Waals surface area contributed by atoms with Gasteiger partial charge in [-0.25, -0.2) is 22.7 Å². The van der Waals surface area contributed by atoms with Gasteiger partial charge in [0.2, 0.25) is 10.0 Å². The minimum Gasteiger partial charge on any atom is -0.229 e. The first-order valence-electron chi connectivity index (χ1n) is 6.38. The van der Waals surface area contributed by atoms with Gasteiger partial charge in [0.15, 0.2) is 0 Å². The fraction of sp³-hybridized carbons (Fsp3) is 0.500. The molecule has 20 heavy (non-hydrogen) atoms. The summed E-state index contributed by atoms with van der Waals surface area (Å²) < 4.78 is 25.0. The van der Waals surface area contributed by atoms with E-state index in [1.807, 2.05) is 0 Å². The van der Waals surface area contributed by atoms with Gasteiger partial charge in [-0.15, -0.1) is 23.1 Å². The average Bonchev–Trinajstić information content (AvgIpc) is 2.92. The predicted molar refractivity (Wildman–Crippen MR) is 82.9 cm³/mol. The number of sulfonamides is 1. The monoisotopic (exact) mass is 329 g/mol. The SMILES string of the molecule is Cc1cc2c(SCCN3CCCS3(=O)=O)ncnc2s1. The van der Waals surface area contributed by atoms with Gasteiger partial charge in [0.1, 0.15) is 16.2 Å². The van der Waals surface area contributed by atoms with Crippen LogP contribution in [0.3, 0.4) is 0 Å². The highest BCUT2D eigenvalue weighted by Crippen LogP contribution is 2.30. The maximum Gasteiger partial charge on any atom is 0.214 e. The number of thioether (sulfide) groups is 1. The highest BCUT2D eigenvalue weighted by molar-refractivity contribution is 7.99. The van der Waals surface area contributed by atoms with Crippen LogP contribution in [0.2, 0.25) is 0 Å². The molecule has 0 atom stereocenters. The molecule has 1 saturated heterocycles. The van der Waals surface area contributed by atoms with Crippen molar-refractivity contribution in [3.63, 3.8) is 0 Å². The Kier molecular flexibility index (Phi) is 3.98. The second-order valence-corrected chi connectivity index (χ2v) is 9.08. The van der Waals surface area contributed by atoms with E-state index in [-0.39, 0.29) is 0 Å². The van der Waals surface area contributed by atoms with Crippen molar-refractivity contribution in [3.8, 4) is 0 Å². The van der Waals surface area contributed by atoms with Gasteiger partial charge >= 0.3 is 0 Å². The van der Waals surface area contributed by atoms with E-state index in [9.17, 15) is 8.42 Å². The second kappa shape index (κ2) is 5.59. The Morgan fingerprint density at radius 3 is 3.05 bits per heavy atom. The molecule has 0 amide bonds. The zero-order valence-corrected chi connectivity index (χ0v) is 13.5. The second-order valence-electron chi connectivity index (χ2n) is 4.67. The van der Waals surface area contributed by atoms with E-state index >= 15 is 0 Å². The summed E-state index contributed by atoms with van der Waals surface area (Å²) in [6, 6.07) is 2.09. The van der Waals surface area contributed by atoms with E-state index in [4.69, 9.17) is 0 Å². The predicted octanol–water partition coefficient (Wildman–Crippen LogP) is 2.13. The molecule has 0 N–H and O–H groups in total. The van der Waals surface area contributed by atoms with Crippen molar-refractivity contribution in [2.75, 3.05) is 24.6 Å². The van der Waals surface area contributed by atoms with Crippen molar-refractivity contribution in [1.82, 2.24) is 14.3 Å². The van der Waals surface area contributed by atoms with E-state index in [1.165, 1.54) is 4.88 Å². The van der Waals surface area contributed by atoms with Crippen LogP contribution in [-0.2, 0) is 10.0 Å². The van der Waals surface area contributed by atoms with Gasteiger partial charge in [-0.05, 0) is 19.4 Å². The van der Waals surface area contributed by atoms with Crippen LogP contribution in [0.5, 0.6) is 0 Å². The Bertz CT molecular complexity index is 727. The number of hydrogen-bond acceptors (Lipinski definition) is 6. The molecule has 0 unspecified atom stereocenters. The molecule has 1 fully saturated rings. The average molecular weight is 329 g/mol. The van der Waals surface area contributed by atoms with Crippen molar-refractivity contribution in [1.29, 1.82) is 0 Å². The molecule has 0 aliphatic carbocycles. The van der Waals surface area contributed by atoms with Crippen molar-refractivity contribution in [3.05, 3.63) is 17.3 Å². The summed E-state index contributed by atoms with van der Waals surface area (Å²) in [6.45, 7) is 3.26. The Balaban J connectivity index is 1.68. The topological polar surface area (TPSA) is 63.2 Å². The molecule has 0 spiro atoms. The summed E-state index contributed by atoms with van der Waals surface area (Å²) in [5.74, 6) is 1.01. The smallest absolute Gasteiger partial charge is 0.214 e. The Labute approximate surface area is 126 Å². The number of thiophene rings is 1. The molecule has 0 saturated carbocycles. The number of rotatable bonds is 4. The fourth-order valence-electron chi connectivity index (χ4n) is 2.26. The maximum absolute atomic E-state index is 11.7. The van der Waals surface area contributed by atoms with Crippen LogP contribution in [0.15, 0.2) is 17.4 Å². The Morgan fingerprint density at radius 1 is 1.45 bits per heavy atom. The third-order valence-corrected chi connectivity index (χ3v) is 7.10. The van der Waals surface area contributed by atoms with Crippen molar-refractivity contribution in [2.45, 2.75) is 18.4 Å². The minimum atomic E-state index is -2.99. The Hall–Kier alpha value is -0.700. The zero-order valence-electron chi connectivity index (χ0n) is 11.1. The van der Waals surface area contributed by atoms with Crippen LogP contribution in [0.25, 0.3) is 10.2 Å². The summed E-state index contributed by atoms with van der Waals surface area (Å²) in [5, 5.41) is 2.01. The molecular weight excluding hydrogens is 314 g/mol. The van der Waals surface area contributed by atoms with Crippen LogP contribution in [-0.4, -0.2) is 47.3 Å². The van der Waals surface area contributed by atoms with Crippen molar-refractivity contribution < 1.29 is 8.42 Å². The third-order valence-electron chi connectivity index (χ3n) is 3.20. The third kappa shape index (κ3) is 2.83. The zero-order chi connectivity index (χ0) is 14.2. The summed E-state index contributed by atoms with van der Waals surface area (Å²) in [5.41, 5.74) is 0. The van der Waals surface area contributed by atoms with Gasteiger partial charge in [-0.1, -0.05) is 0 Å². The fourth-order valence-corrected chi connectivity index (χ4v) is 5.75. The van der Waals surface area contributed by atoms with Gasteiger partial charge in [-0.2, -0.15) is 0 Å². The van der Waals surface area contributed by atoms with Gasteiger partial charge in [-0.3, -0.25) is 0 Å². The van der Waals surface area contributed by atoms with E-state index < -0.39 is 10.0 Å². The maximum atomic E-state index is 11.7. The van der Waals surface area contributed by atoms with E-state index in [0.29, 0.717) is 18.8 Å². The van der Waals surface area contributed by atoms with Gasteiger partial charge in [0, 0.05) is 29.1 Å². The van der Waals surface area contributed by atoms with Crippen LogP contribution in [0.4, 0.5) is 0 Å². The number of fused-ring (bicyclic) bond motifs is 1. The first-order valence-corrected chi connectivity index (χ1v) is 9.79. The van der Waals surface area contributed by atoms with Crippen molar-refractivity contribution in [2.24, 2.45) is 0 Å². The Morgan fingerprint density at radius 2 is 2.30 bits per heavy atom. The summed E-state index contributed by atoms with van der Waals surface area (Å²) in [4.78, 5) is 10.8. The lowest BCUT2D eigenvalue weighted by Gasteiger charge is -2.13. The lowest BCUT2D eigenvalue weighted by molar-refractivity contribution is 0.465. The summed E-state index contributed by atoms with van der Waals surface area (Å²) in [7, 11) is -2.99. The standard InChI is InChI=1S/C12H15N3O2S3/c1-9-7-10-11(13-8-14-12(10)19-9)18-5-4-15-3-2-6-20(15,16)17/h7-8H,2-6H2,1H3. The normalized spacial score (nSPS) is 18.9. The highest BCUT2D eigenvalue weighted by Gasteiger charge is 2.27. The molecule has 1 aliphatic rings. The first-order chi connectivity index (χ1) is 9.56. The molecule has 2 aromatic rings. The highest BCUT2D eigenvalue weighted by atomic mass is 32.2. The largest absolute Gasteiger partial charge is 0.229 e. The van der Waals surface area contributed by atoms with Crippen LogP contribution in [0.1, 0.15) is 11.3 Å². The number of nitrogens with zero attached hydrogens (tertiary/aromatic N) is 3. The summed E-state index contributed by atoms with van der Waals surface area (Å²) in [6.07, 6.45) is 2.32. The number of aromatic nitrogens is 2. The molecule has 0 bridgehead atoms. The summed E-state index contributed by atoms with van der Waals surface area (Å²) >= 11 is 3.25. The van der Waals surface area contributed by atoms with Crippen LogP contribution in [0, 0.1) is 6.92 Å². The quantitative estimate of drug-likeness (QED) is 0.635. The van der Waals surface area contributed by atoms with Crippen molar-refractivity contribution >= 4 is 43.3 Å². The van der Waals surface area contributed by atoms with Crippen LogP contribution >= 0.6 is 23.1 Å². The minimum absolute atomic E-state index is 0.291. The molecule has 8 heteroatoms. The van der Waals surface area contributed by atoms with Gasteiger partial charge in [0.05, 0.1) is 5.75 Å². The number of hydrogen-bond donors (Lipinski definition) is 0. The molecule has 1 aliphatic heterocycles. The molecule has 0 aromatic carbocycles. The van der Waals surface area contributed by atoms with E-state index in [1.54, 1.807) is 33.7 Å². The molecule has 5 nitrogen and oxygen atoms in total. The lowest BCUT2D eigenvalue weighted by Crippen LogP contribution is -2.27. The van der Waals surface area contributed by atoms with E-state index in [0.717, 1.165) is 27.4 Å². The van der Waals surface area contributed by atoms with Gasteiger partial charge in [0.25, 0.3) is 0 Å². The molecule has 108 valence electrons. The first kappa shape index (κ1) is 14.2. The molecule has 3 rings (SSSR count). The molecule has 0 radical (unpaired) electrons. The molecule has 2 aromatic heterocycles. The van der Waals surface area contributed by atoms with Crippen LogP contribution < -0.4 is 0 Å². The number of aryl methyl sites for hydroxylation is 1. The molecule has 3 heterocycles. The molecular formula is C12H15N3O2S3. The van der Waals surface area contributed by atoms with E-state index in [2.05, 4.69) is 23.0 Å².